The number of ether oxygens (including phenoxy) is 1. The maximum Gasteiger partial charge on any atom is 0.276 e. The number of fused-ring (bicyclic) bond motifs is 1. The first-order chi connectivity index (χ1) is 17.6. The minimum absolute atomic E-state index is 0.261. The Kier molecular flexibility index (Phi) is 6.94. The van der Waals surface area contributed by atoms with Gasteiger partial charge >= 0.3 is 0 Å². The number of hydrogen-bond acceptors (Lipinski definition) is 8. The zero-order valence-corrected chi connectivity index (χ0v) is 20.1. The van der Waals surface area contributed by atoms with Gasteiger partial charge in [0, 0.05) is 42.8 Å². The minimum atomic E-state index is -0.303. The molecule has 1 fully saturated rings. The van der Waals surface area contributed by atoms with E-state index in [-0.39, 0.29) is 18.0 Å². The normalized spacial score (nSPS) is 17.5. The zero-order valence-electron chi connectivity index (χ0n) is 20.1. The highest BCUT2D eigenvalue weighted by atomic mass is 16.5. The number of aromatic nitrogens is 4. The van der Waals surface area contributed by atoms with E-state index in [1.54, 1.807) is 42.3 Å². The molecule has 1 aliphatic carbocycles. The molecule has 0 atom stereocenters. The predicted octanol–water partition coefficient (Wildman–Crippen LogP) is 3.68. The highest BCUT2D eigenvalue weighted by molar-refractivity contribution is 6.03. The first kappa shape index (κ1) is 23.6. The van der Waals surface area contributed by atoms with Crippen LogP contribution < -0.4 is 26.4 Å². The van der Waals surface area contributed by atoms with E-state index < -0.39 is 0 Å². The molecule has 4 aromatic rings. The molecule has 5 rings (SSSR count). The highest BCUT2D eigenvalue weighted by Crippen LogP contribution is 2.25. The number of nitrogens with one attached hydrogen (secondary N) is 3. The molecule has 36 heavy (non-hydrogen) atoms. The van der Waals surface area contributed by atoms with Gasteiger partial charge in [-0.05, 0) is 55.5 Å². The van der Waals surface area contributed by atoms with Crippen molar-refractivity contribution in [3.8, 4) is 5.75 Å². The smallest absolute Gasteiger partial charge is 0.276 e. The Morgan fingerprint density at radius 3 is 2.58 bits per heavy atom. The fourth-order valence-corrected chi connectivity index (χ4v) is 4.37. The molecule has 0 unspecified atom stereocenters. The van der Waals surface area contributed by atoms with Gasteiger partial charge in [-0.1, -0.05) is 12.1 Å². The molecule has 0 radical (unpaired) electrons. The van der Waals surface area contributed by atoms with Crippen LogP contribution in [0.4, 0.5) is 17.2 Å². The third-order valence-corrected chi connectivity index (χ3v) is 6.40. The number of benzene rings is 1. The third-order valence-electron chi connectivity index (χ3n) is 6.40. The molecule has 1 aromatic carbocycles. The number of imidazole rings is 1. The van der Waals surface area contributed by atoms with Gasteiger partial charge in [-0.15, -0.1) is 5.10 Å². The number of nitrogens with two attached hydrogens (primary N) is 1. The number of pyridine rings is 1. The Hall–Kier alpha value is -4.18. The zero-order chi connectivity index (χ0) is 24.9. The molecule has 3 heterocycles. The molecular weight excluding hydrogens is 456 g/mol. The van der Waals surface area contributed by atoms with Crippen molar-refractivity contribution in [2.24, 2.45) is 5.73 Å². The third kappa shape index (κ3) is 5.38. The Labute approximate surface area is 209 Å². The number of amides is 1. The summed E-state index contributed by atoms with van der Waals surface area (Å²) in [5.41, 5.74) is 9.50. The van der Waals surface area contributed by atoms with Gasteiger partial charge in [-0.25, -0.2) is 9.50 Å². The van der Waals surface area contributed by atoms with Gasteiger partial charge in [0.05, 0.1) is 19.0 Å². The van der Waals surface area contributed by atoms with Crippen LogP contribution in [0.15, 0.2) is 61.1 Å². The van der Waals surface area contributed by atoms with Crippen molar-refractivity contribution < 1.29 is 9.53 Å². The number of anilines is 3. The van der Waals surface area contributed by atoms with Gasteiger partial charge < -0.3 is 26.4 Å². The summed E-state index contributed by atoms with van der Waals surface area (Å²) in [7, 11) is 1.65. The Bertz CT molecular complexity index is 1320. The number of hydrogen-bond donors (Lipinski definition) is 4. The number of carbonyl (C=O) groups is 1. The fourth-order valence-electron chi connectivity index (χ4n) is 4.37. The van der Waals surface area contributed by atoms with Crippen molar-refractivity contribution in [2.45, 2.75) is 44.3 Å². The van der Waals surface area contributed by atoms with Crippen molar-refractivity contribution in [3.63, 3.8) is 0 Å². The first-order valence-electron chi connectivity index (χ1n) is 12.1. The van der Waals surface area contributed by atoms with Crippen LogP contribution in [-0.2, 0) is 6.54 Å². The molecule has 0 aliphatic heterocycles. The maximum atomic E-state index is 13.1. The van der Waals surface area contributed by atoms with E-state index in [9.17, 15) is 4.79 Å². The number of methoxy groups -OCH3 is 1. The molecule has 3 aromatic heterocycles. The van der Waals surface area contributed by atoms with Gasteiger partial charge in [0.2, 0.25) is 0 Å². The molecule has 10 heteroatoms. The highest BCUT2D eigenvalue weighted by Gasteiger charge is 2.21. The summed E-state index contributed by atoms with van der Waals surface area (Å²) in [6, 6.07) is 13.8. The van der Waals surface area contributed by atoms with Gasteiger partial charge in [0.1, 0.15) is 11.6 Å². The van der Waals surface area contributed by atoms with E-state index >= 15 is 0 Å². The molecule has 186 valence electrons. The summed E-state index contributed by atoms with van der Waals surface area (Å²) >= 11 is 0. The van der Waals surface area contributed by atoms with E-state index in [0.29, 0.717) is 29.4 Å². The van der Waals surface area contributed by atoms with Gasteiger partial charge in [0.25, 0.3) is 5.91 Å². The van der Waals surface area contributed by atoms with Crippen LogP contribution in [0, 0.1) is 0 Å². The topological polar surface area (TPSA) is 131 Å². The molecule has 0 bridgehead atoms. The van der Waals surface area contributed by atoms with E-state index in [4.69, 9.17) is 15.6 Å². The van der Waals surface area contributed by atoms with Crippen LogP contribution in [0.2, 0.25) is 0 Å². The van der Waals surface area contributed by atoms with Gasteiger partial charge in [-0.3, -0.25) is 9.78 Å². The molecular formula is C26H30N8O2. The van der Waals surface area contributed by atoms with Crippen LogP contribution >= 0.6 is 0 Å². The average molecular weight is 487 g/mol. The summed E-state index contributed by atoms with van der Waals surface area (Å²) in [6.07, 6.45) is 8.72. The second kappa shape index (κ2) is 10.6. The van der Waals surface area contributed by atoms with Gasteiger partial charge in [-0.2, -0.15) is 0 Å². The molecule has 1 aliphatic rings. The van der Waals surface area contributed by atoms with E-state index in [0.717, 1.165) is 42.7 Å². The van der Waals surface area contributed by atoms with Crippen molar-refractivity contribution in [1.82, 2.24) is 19.6 Å². The summed E-state index contributed by atoms with van der Waals surface area (Å²) < 4.78 is 6.84. The van der Waals surface area contributed by atoms with E-state index in [1.165, 1.54) is 0 Å². The largest absolute Gasteiger partial charge is 0.497 e. The second-order valence-corrected chi connectivity index (χ2v) is 8.97. The number of nitrogens with zero attached hydrogens (tertiary/aromatic N) is 4. The average Bonchev–Trinajstić information content (AvgIpc) is 3.34. The lowest BCUT2D eigenvalue weighted by atomic mass is 9.92. The summed E-state index contributed by atoms with van der Waals surface area (Å²) in [6.45, 7) is 0.576. The standard InChI is InChI=1S/C26H30N8O2/c1-36-21-8-2-17(3-9-21)15-29-22-14-24(31-19-6-4-18(27)5-7-19)33-34-23(16-30-25(22)34)26(35)32-20-10-12-28-13-11-20/h2-3,8-14,16,18-19,29H,4-7,15,27H2,1H3,(H,31,33)(H,28,32,35). The van der Waals surface area contributed by atoms with Crippen LogP contribution in [-0.4, -0.2) is 44.7 Å². The maximum absolute atomic E-state index is 13.1. The van der Waals surface area contributed by atoms with E-state index in [1.807, 2.05) is 30.3 Å². The van der Waals surface area contributed by atoms with Gasteiger partial charge in [0.15, 0.2) is 11.3 Å². The molecule has 0 spiro atoms. The van der Waals surface area contributed by atoms with Crippen molar-refractivity contribution in [3.05, 3.63) is 72.3 Å². The quantitative estimate of drug-likeness (QED) is 0.297. The second-order valence-electron chi connectivity index (χ2n) is 8.97. The van der Waals surface area contributed by atoms with Crippen LogP contribution in [0.5, 0.6) is 5.75 Å². The fraction of sp³-hybridized carbons (Fsp3) is 0.308. The molecule has 1 amide bonds. The minimum Gasteiger partial charge on any atom is -0.497 e. The Balaban J connectivity index is 1.43. The molecule has 1 saturated carbocycles. The molecule has 10 nitrogen and oxygen atoms in total. The first-order valence-corrected chi connectivity index (χ1v) is 12.1. The summed E-state index contributed by atoms with van der Waals surface area (Å²) in [5.74, 6) is 1.18. The van der Waals surface area contributed by atoms with E-state index in [2.05, 4.69) is 25.9 Å². The molecule has 5 N–H and O–H groups in total. The van der Waals surface area contributed by atoms with Crippen molar-refractivity contribution in [2.75, 3.05) is 23.1 Å². The summed E-state index contributed by atoms with van der Waals surface area (Å²) in [4.78, 5) is 21.6. The van der Waals surface area contributed by atoms with Crippen LogP contribution in [0.1, 0.15) is 41.7 Å². The lowest BCUT2D eigenvalue weighted by molar-refractivity contribution is 0.102. The SMILES string of the molecule is COc1ccc(CNc2cc(NC3CCC(N)CC3)nn3c(C(=O)Nc4ccncc4)cnc23)cc1. The van der Waals surface area contributed by atoms with Crippen LogP contribution in [0.3, 0.4) is 0 Å². The van der Waals surface area contributed by atoms with Crippen molar-refractivity contribution >= 4 is 28.7 Å². The van der Waals surface area contributed by atoms with Crippen LogP contribution in [0.25, 0.3) is 5.65 Å². The van der Waals surface area contributed by atoms with Crippen molar-refractivity contribution in [1.29, 1.82) is 0 Å². The lowest BCUT2D eigenvalue weighted by Gasteiger charge is -2.27. The number of carbonyl (C=O) groups excluding carboxylic acids is 1. The Morgan fingerprint density at radius 1 is 1.11 bits per heavy atom. The predicted molar refractivity (Wildman–Crippen MR) is 139 cm³/mol. The number of rotatable bonds is 8. The molecule has 0 saturated heterocycles. The lowest BCUT2D eigenvalue weighted by Crippen LogP contribution is -2.33. The monoisotopic (exact) mass is 486 g/mol. The summed E-state index contributed by atoms with van der Waals surface area (Å²) in [5, 5.41) is 14.6. The Morgan fingerprint density at radius 2 is 1.86 bits per heavy atom.